The maximum Gasteiger partial charge on any atom is 0.187 e. The zero-order valence-electron chi connectivity index (χ0n) is 15.9. The third-order valence-electron chi connectivity index (χ3n) is 2.10. The van der Waals surface area contributed by atoms with Crippen molar-refractivity contribution in [3.05, 3.63) is 22.9 Å². The van der Waals surface area contributed by atoms with Crippen LogP contribution in [-0.4, -0.2) is 70.8 Å². The second-order valence-electron chi connectivity index (χ2n) is 5.61. The number of rotatable bonds is 3. The highest BCUT2D eigenvalue weighted by atomic mass is 19.1. The SMILES string of the molecule is C.C=NC.CC(C)=C(F)N(C)C.CC(C)=C(N(C)C)N(C)C. The van der Waals surface area contributed by atoms with Crippen molar-refractivity contribution in [3.63, 3.8) is 0 Å². The highest BCUT2D eigenvalue weighted by Crippen LogP contribution is 2.07. The topological polar surface area (TPSA) is 22.1 Å². The van der Waals surface area contributed by atoms with Crippen LogP contribution in [0.3, 0.4) is 0 Å². The molecule has 0 bridgehead atoms. The summed E-state index contributed by atoms with van der Waals surface area (Å²) in [5.74, 6) is 1.13. The Morgan fingerprint density at radius 1 is 0.773 bits per heavy atom. The first-order valence-corrected chi connectivity index (χ1v) is 6.81. The van der Waals surface area contributed by atoms with E-state index in [-0.39, 0.29) is 13.4 Å². The maximum absolute atomic E-state index is 12.5. The Kier molecular flexibility index (Phi) is 20.6. The zero-order chi connectivity index (χ0) is 17.7. The van der Waals surface area contributed by atoms with Crippen LogP contribution in [0, 0.1) is 0 Å². The molecule has 22 heavy (non-hydrogen) atoms. The van der Waals surface area contributed by atoms with E-state index in [9.17, 15) is 4.39 Å². The Bertz CT molecular complexity index is 325. The van der Waals surface area contributed by atoms with Crippen LogP contribution >= 0.6 is 0 Å². The van der Waals surface area contributed by atoms with Gasteiger partial charge in [-0.1, -0.05) is 7.43 Å². The molecule has 0 unspecified atom stereocenters. The van der Waals surface area contributed by atoms with Gasteiger partial charge in [-0.05, 0) is 45.6 Å². The lowest BCUT2D eigenvalue weighted by Gasteiger charge is -2.26. The largest absolute Gasteiger partial charge is 0.364 e. The van der Waals surface area contributed by atoms with E-state index in [1.807, 2.05) is 0 Å². The smallest absolute Gasteiger partial charge is 0.187 e. The Hall–Kier alpha value is -1.52. The molecule has 0 aromatic carbocycles. The molecule has 0 rings (SSSR count). The Labute approximate surface area is 139 Å². The molecule has 0 aliphatic carbocycles. The van der Waals surface area contributed by atoms with Gasteiger partial charge >= 0.3 is 0 Å². The van der Waals surface area contributed by atoms with Crippen LogP contribution in [0.15, 0.2) is 27.9 Å². The predicted molar refractivity (Wildman–Crippen MR) is 101 cm³/mol. The summed E-state index contributed by atoms with van der Waals surface area (Å²) in [5, 5.41) is 0. The fourth-order valence-electron chi connectivity index (χ4n) is 1.74. The van der Waals surface area contributed by atoms with Gasteiger partial charge in [-0.25, -0.2) is 0 Å². The number of hydrogen-bond acceptors (Lipinski definition) is 4. The van der Waals surface area contributed by atoms with Gasteiger partial charge in [-0.15, -0.1) is 0 Å². The molecule has 0 aliphatic rings. The van der Waals surface area contributed by atoms with E-state index in [0.717, 1.165) is 5.57 Å². The van der Waals surface area contributed by atoms with Crippen molar-refractivity contribution in [1.82, 2.24) is 14.7 Å². The molecule has 0 atom stereocenters. The van der Waals surface area contributed by atoms with Crippen LogP contribution in [-0.2, 0) is 0 Å². The Morgan fingerprint density at radius 2 is 1.05 bits per heavy atom. The van der Waals surface area contributed by atoms with Gasteiger partial charge in [0.2, 0.25) is 0 Å². The van der Waals surface area contributed by atoms with Crippen LogP contribution in [0.2, 0.25) is 0 Å². The number of hydrogen-bond donors (Lipinski definition) is 0. The van der Waals surface area contributed by atoms with Gasteiger partial charge in [0.05, 0.1) is 0 Å². The Morgan fingerprint density at radius 3 is 1.05 bits per heavy atom. The second-order valence-corrected chi connectivity index (χ2v) is 5.61. The standard InChI is InChI=1S/C8H18N2.C6H12FN.C2H5N.CH4/c1-7(2)8(9(3)4)10(5)6;1-5(2)6(7)8(3)4;1-3-2;/h1-6H3;1-4H3;1H2,2H3;1H4. The number of halogens is 1. The quantitative estimate of drug-likeness (QED) is 0.578. The molecule has 4 nitrogen and oxygen atoms in total. The fraction of sp³-hybridized carbons (Fsp3) is 0.706. The third-order valence-corrected chi connectivity index (χ3v) is 2.10. The van der Waals surface area contributed by atoms with Crippen molar-refractivity contribution >= 4 is 6.72 Å². The molecular weight excluding hydrogens is 279 g/mol. The first-order chi connectivity index (χ1) is 9.43. The average Bonchev–Trinajstić information content (AvgIpc) is 2.27. The molecule has 0 spiro atoms. The minimum atomic E-state index is -0.148. The van der Waals surface area contributed by atoms with Gasteiger partial charge in [-0.2, -0.15) is 4.39 Å². The van der Waals surface area contributed by atoms with Gasteiger partial charge in [0.25, 0.3) is 0 Å². The molecule has 0 N–H and O–H groups in total. The summed E-state index contributed by atoms with van der Waals surface area (Å²) in [7, 11) is 13.2. The minimum absolute atomic E-state index is 0. The number of allylic oxidation sites excluding steroid dienone is 2. The predicted octanol–water partition coefficient (Wildman–Crippen LogP) is 4.08. The fourth-order valence-corrected chi connectivity index (χ4v) is 1.74. The van der Waals surface area contributed by atoms with Gasteiger partial charge in [0, 0.05) is 49.3 Å². The van der Waals surface area contributed by atoms with Crippen molar-refractivity contribution in [2.24, 2.45) is 4.99 Å². The molecule has 0 saturated carbocycles. The van der Waals surface area contributed by atoms with Crippen LogP contribution in [0.4, 0.5) is 4.39 Å². The average molecular weight is 319 g/mol. The van der Waals surface area contributed by atoms with Gasteiger partial charge < -0.3 is 19.7 Å². The summed E-state index contributed by atoms with van der Waals surface area (Å²) in [4.78, 5) is 8.94. The van der Waals surface area contributed by atoms with E-state index < -0.39 is 0 Å². The second kappa shape index (κ2) is 15.9. The molecule has 0 saturated heterocycles. The van der Waals surface area contributed by atoms with E-state index in [0.29, 0.717) is 0 Å². The molecule has 0 amide bonds. The van der Waals surface area contributed by atoms with Crippen molar-refractivity contribution < 1.29 is 4.39 Å². The van der Waals surface area contributed by atoms with Crippen molar-refractivity contribution in [1.29, 1.82) is 0 Å². The molecule has 0 radical (unpaired) electrons. The molecule has 134 valence electrons. The first-order valence-electron chi connectivity index (χ1n) is 6.81. The van der Waals surface area contributed by atoms with Crippen LogP contribution in [0.25, 0.3) is 0 Å². The first kappa shape index (κ1) is 28.6. The van der Waals surface area contributed by atoms with Crippen LogP contribution in [0.1, 0.15) is 35.1 Å². The molecule has 0 heterocycles. The van der Waals surface area contributed by atoms with E-state index in [2.05, 4.69) is 63.5 Å². The van der Waals surface area contributed by atoms with Crippen LogP contribution in [0.5, 0.6) is 0 Å². The van der Waals surface area contributed by atoms with E-state index in [1.54, 1.807) is 35.0 Å². The summed E-state index contributed by atoms with van der Waals surface area (Å²) in [6.45, 7) is 10.8. The summed E-state index contributed by atoms with van der Waals surface area (Å²) in [6.07, 6.45) is 0. The Balaban J connectivity index is -0.000000122. The van der Waals surface area contributed by atoms with E-state index in [4.69, 9.17) is 0 Å². The highest BCUT2D eigenvalue weighted by molar-refractivity contribution is 5.22. The third kappa shape index (κ3) is 16.5. The van der Waals surface area contributed by atoms with E-state index >= 15 is 0 Å². The zero-order valence-corrected chi connectivity index (χ0v) is 15.9. The number of nitrogens with zero attached hydrogens (tertiary/aromatic N) is 4. The minimum Gasteiger partial charge on any atom is -0.364 e. The van der Waals surface area contributed by atoms with E-state index in [1.165, 1.54) is 16.3 Å². The molecule has 0 aliphatic heterocycles. The number of aliphatic imine (C=N–C) groups is 1. The molecule has 5 heteroatoms. The summed E-state index contributed by atoms with van der Waals surface area (Å²) >= 11 is 0. The molecular formula is C17H39FN4. The summed E-state index contributed by atoms with van der Waals surface area (Å²) < 4.78 is 12.5. The normalized spacial score (nSPS) is 7.82. The molecule has 0 fully saturated rings. The van der Waals surface area contributed by atoms with Crippen molar-refractivity contribution in [2.45, 2.75) is 35.1 Å². The highest BCUT2D eigenvalue weighted by Gasteiger charge is 2.02. The van der Waals surface area contributed by atoms with Crippen molar-refractivity contribution in [3.8, 4) is 0 Å². The lowest BCUT2D eigenvalue weighted by Crippen LogP contribution is -2.25. The van der Waals surface area contributed by atoms with Gasteiger partial charge in [0.15, 0.2) is 5.95 Å². The maximum atomic E-state index is 12.5. The molecule has 0 aromatic heterocycles. The molecule has 0 aromatic rings. The monoisotopic (exact) mass is 318 g/mol. The lowest BCUT2D eigenvalue weighted by atomic mass is 10.3. The van der Waals surface area contributed by atoms with Gasteiger partial charge in [0.1, 0.15) is 5.82 Å². The summed E-state index contributed by atoms with van der Waals surface area (Å²) in [5.41, 5.74) is 2.06. The van der Waals surface area contributed by atoms with Crippen LogP contribution < -0.4 is 0 Å². The lowest BCUT2D eigenvalue weighted by molar-refractivity contribution is 0.336. The van der Waals surface area contributed by atoms with Gasteiger partial charge in [-0.3, -0.25) is 0 Å². The van der Waals surface area contributed by atoms with Crippen molar-refractivity contribution in [2.75, 3.05) is 49.3 Å². The summed E-state index contributed by atoms with van der Waals surface area (Å²) in [6, 6.07) is 0.